The summed E-state index contributed by atoms with van der Waals surface area (Å²) in [4.78, 5) is 22.7. The van der Waals surface area contributed by atoms with Crippen molar-refractivity contribution in [3.8, 4) is 5.75 Å². The number of para-hydroxylation sites is 1. The number of hydrogen-bond donors (Lipinski definition) is 0. The normalized spacial score (nSPS) is 22.7. The van der Waals surface area contributed by atoms with E-state index >= 15 is 0 Å². The highest BCUT2D eigenvalue weighted by molar-refractivity contribution is 5.79. The van der Waals surface area contributed by atoms with Gasteiger partial charge in [0, 0.05) is 6.54 Å². The van der Waals surface area contributed by atoms with Crippen LogP contribution in [0, 0.1) is 12.5 Å². The number of nitrogens with zero attached hydrogens (tertiary/aromatic N) is 4. The Bertz CT molecular complexity index is 1230. The molecule has 1 amide bonds. The molecule has 1 aliphatic carbocycles. The predicted octanol–water partition coefficient (Wildman–Crippen LogP) is 5.83. The highest BCUT2D eigenvalue weighted by Gasteiger charge is 2.49. The van der Waals surface area contributed by atoms with E-state index in [9.17, 15) is 4.79 Å². The zero-order valence-electron chi connectivity index (χ0n) is 19.7. The molecule has 0 unspecified atom stereocenters. The molecule has 1 spiro atoms. The molecule has 3 aromatic rings. The van der Waals surface area contributed by atoms with Crippen LogP contribution in [0.5, 0.6) is 5.75 Å². The van der Waals surface area contributed by atoms with Gasteiger partial charge < -0.3 is 18.9 Å². The largest absolute Gasteiger partial charge is 0.486 e. The molecule has 0 N–H and O–H groups in total. The van der Waals surface area contributed by atoms with Gasteiger partial charge in [0.15, 0.2) is 5.69 Å². The first-order valence-electron chi connectivity index (χ1n) is 11.9. The van der Waals surface area contributed by atoms with Gasteiger partial charge >= 0.3 is 6.09 Å². The predicted molar refractivity (Wildman–Crippen MR) is 130 cm³/mol. The maximum atomic E-state index is 12.9. The fraction of sp³-hybridized carbons (Fsp3) is 0.444. The highest BCUT2D eigenvalue weighted by atomic mass is 16.6. The molecule has 0 radical (unpaired) electrons. The number of benzene rings is 2. The monoisotopic (exact) mass is 458 g/mol. The third-order valence-electron chi connectivity index (χ3n) is 6.84. The maximum absolute atomic E-state index is 12.9. The van der Waals surface area contributed by atoms with Crippen LogP contribution >= 0.6 is 0 Å². The first-order valence-corrected chi connectivity index (χ1v) is 11.9. The van der Waals surface area contributed by atoms with Crippen molar-refractivity contribution < 1.29 is 14.3 Å². The summed E-state index contributed by atoms with van der Waals surface area (Å²) < 4.78 is 14.3. The van der Waals surface area contributed by atoms with E-state index in [1.807, 2.05) is 62.6 Å². The molecule has 176 valence electrons. The summed E-state index contributed by atoms with van der Waals surface area (Å²) in [5.41, 5.74) is 1.53. The number of amides is 1. The number of aromatic nitrogens is 2. The number of carbonyl (C=O) groups is 1. The Balaban J connectivity index is 1.26. The summed E-state index contributed by atoms with van der Waals surface area (Å²) in [5.74, 6) is 1.17. The topological polar surface area (TPSA) is 61.0 Å². The van der Waals surface area contributed by atoms with Crippen molar-refractivity contribution in [2.24, 2.45) is 5.92 Å². The number of carbonyl (C=O) groups excluding carboxylic acids is 1. The van der Waals surface area contributed by atoms with E-state index in [1.165, 1.54) is 0 Å². The minimum absolute atomic E-state index is 0.250. The van der Waals surface area contributed by atoms with Gasteiger partial charge in [-0.05, 0) is 69.7 Å². The van der Waals surface area contributed by atoms with Crippen molar-refractivity contribution in [2.75, 3.05) is 13.1 Å². The number of fused-ring (bicyclic) bond motifs is 1. The summed E-state index contributed by atoms with van der Waals surface area (Å²) in [6.45, 7) is 13.2. The molecule has 2 fully saturated rings. The highest BCUT2D eigenvalue weighted by Crippen LogP contribution is 2.41. The standard InChI is InChI=1S/C27H30N4O3/c1-26(2,33-22-9-5-4-6-10-22)17-31-18-27(34-25(31)32)13-7-8-20(15-27)16-30-19-29-23-12-11-21(28-3)14-24(23)30/h4-6,9-12,14,19-20H,7-8,13,15-18H2,1-2H3/t20-,27-/m0/s1. The van der Waals surface area contributed by atoms with Crippen molar-refractivity contribution in [1.29, 1.82) is 0 Å². The minimum Gasteiger partial charge on any atom is -0.486 e. The van der Waals surface area contributed by atoms with E-state index in [-0.39, 0.29) is 6.09 Å². The fourth-order valence-corrected chi connectivity index (χ4v) is 5.49. The van der Waals surface area contributed by atoms with Crippen LogP contribution in [-0.4, -0.2) is 44.8 Å². The van der Waals surface area contributed by atoms with Crippen LogP contribution in [-0.2, 0) is 11.3 Å². The van der Waals surface area contributed by atoms with Gasteiger partial charge in [0.25, 0.3) is 0 Å². The van der Waals surface area contributed by atoms with Crippen LogP contribution in [0.1, 0.15) is 39.5 Å². The van der Waals surface area contributed by atoms with E-state index < -0.39 is 11.2 Å². The van der Waals surface area contributed by atoms with Gasteiger partial charge in [0.2, 0.25) is 0 Å². The zero-order chi connectivity index (χ0) is 23.8. The Labute approximate surface area is 200 Å². The van der Waals surface area contributed by atoms with Gasteiger partial charge in [-0.25, -0.2) is 14.6 Å². The maximum Gasteiger partial charge on any atom is 0.410 e. The average molecular weight is 459 g/mol. The lowest BCUT2D eigenvalue weighted by molar-refractivity contribution is 0.00402. The van der Waals surface area contributed by atoms with Crippen molar-refractivity contribution >= 4 is 22.8 Å². The average Bonchev–Trinajstić information content (AvgIpc) is 3.33. The summed E-state index contributed by atoms with van der Waals surface area (Å²) in [6, 6.07) is 15.3. The van der Waals surface area contributed by atoms with Crippen molar-refractivity contribution in [3.63, 3.8) is 0 Å². The van der Waals surface area contributed by atoms with Gasteiger partial charge in [-0.15, -0.1) is 0 Å². The van der Waals surface area contributed by atoms with E-state index in [2.05, 4.69) is 14.4 Å². The number of rotatable bonds is 6. The molecule has 0 bridgehead atoms. The molecule has 7 heteroatoms. The van der Waals surface area contributed by atoms with Crippen molar-refractivity contribution in [3.05, 3.63) is 66.3 Å². The number of hydrogen-bond acceptors (Lipinski definition) is 4. The molecule has 2 aliphatic rings. The summed E-state index contributed by atoms with van der Waals surface area (Å²) in [6.07, 6.45) is 5.44. The molecule has 2 aromatic carbocycles. The minimum atomic E-state index is -0.531. The Morgan fingerprint density at radius 2 is 2.09 bits per heavy atom. The Kier molecular flexibility index (Phi) is 5.68. The molecule has 1 aliphatic heterocycles. The van der Waals surface area contributed by atoms with E-state index in [4.69, 9.17) is 16.0 Å². The fourth-order valence-electron chi connectivity index (χ4n) is 5.49. The van der Waals surface area contributed by atoms with Gasteiger partial charge in [-0.2, -0.15) is 0 Å². The van der Waals surface area contributed by atoms with Crippen LogP contribution in [0.2, 0.25) is 0 Å². The smallest absolute Gasteiger partial charge is 0.410 e. The number of ether oxygens (including phenoxy) is 2. The Hall–Kier alpha value is -3.53. The van der Waals surface area contributed by atoms with Gasteiger partial charge in [-0.1, -0.05) is 24.3 Å². The van der Waals surface area contributed by atoms with Gasteiger partial charge in [-0.3, -0.25) is 0 Å². The summed E-state index contributed by atoms with van der Waals surface area (Å²) in [7, 11) is 0. The lowest BCUT2D eigenvalue weighted by atomic mass is 9.78. The lowest BCUT2D eigenvalue weighted by Crippen LogP contribution is -2.45. The lowest BCUT2D eigenvalue weighted by Gasteiger charge is -2.36. The van der Waals surface area contributed by atoms with Crippen molar-refractivity contribution in [1.82, 2.24) is 14.5 Å². The molecule has 1 aromatic heterocycles. The van der Waals surface area contributed by atoms with Crippen LogP contribution in [0.25, 0.3) is 15.9 Å². The quantitative estimate of drug-likeness (QED) is 0.436. The van der Waals surface area contributed by atoms with E-state index in [0.717, 1.165) is 49.0 Å². The molecule has 34 heavy (non-hydrogen) atoms. The van der Waals surface area contributed by atoms with Crippen LogP contribution in [0.3, 0.4) is 0 Å². The second-order valence-electron chi connectivity index (χ2n) is 10.2. The first-order chi connectivity index (χ1) is 16.3. The molecule has 2 heterocycles. The Morgan fingerprint density at radius 3 is 2.88 bits per heavy atom. The van der Waals surface area contributed by atoms with Gasteiger partial charge in [0.05, 0.1) is 37.0 Å². The Morgan fingerprint density at radius 1 is 1.26 bits per heavy atom. The number of imidazole rings is 1. The van der Waals surface area contributed by atoms with E-state index in [1.54, 1.807) is 11.0 Å². The molecular formula is C27H30N4O3. The van der Waals surface area contributed by atoms with Crippen LogP contribution in [0.4, 0.5) is 10.5 Å². The SMILES string of the molecule is [C-]#[N+]c1ccc2ncn(C[C@H]3CCC[C@]4(C3)CN(CC(C)(C)Oc3ccccc3)C(=O)O4)c2c1. The third-order valence-corrected chi connectivity index (χ3v) is 6.84. The second-order valence-corrected chi connectivity index (χ2v) is 10.2. The zero-order valence-corrected chi connectivity index (χ0v) is 19.7. The first kappa shape index (κ1) is 22.3. The summed E-state index contributed by atoms with van der Waals surface area (Å²) >= 11 is 0. The molecule has 1 saturated carbocycles. The van der Waals surface area contributed by atoms with Crippen LogP contribution in [0.15, 0.2) is 54.9 Å². The van der Waals surface area contributed by atoms with Crippen molar-refractivity contribution in [2.45, 2.75) is 57.3 Å². The summed E-state index contributed by atoms with van der Waals surface area (Å²) in [5, 5.41) is 0. The molecule has 1 saturated heterocycles. The van der Waals surface area contributed by atoms with Crippen LogP contribution < -0.4 is 4.74 Å². The molecule has 7 nitrogen and oxygen atoms in total. The molecule has 2 atom stereocenters. The third kappa shape index (κ3) is 4.58. The van der Waals surface area contributed by atoms with E-state index in [0.29, 0.717) is 24.7 Å². The van der Waals surface area contributed by atoms with Gasteiger partial charge in [0.1, 0.15) is 17.0 Å². The molecular weight excluding hydrogens is 428 g/mol. The second kappa shape index (κ2) is 8.68. The molecule has 5 rings (SSSR count).